The van der Waals surface area contributed by atoms with Crippen LogP contribution in [0.3, 0.4) is 0 Å². The van der Waals surface area contributed by atoms with Crippen LogP contribution in [0, 0.1) is 6.92 Å². The van der Waals surface area contributed by atoms with Crippen LogP contribution in [0.2, 0.25) is 0 Å². The summed E-state index contributed by atoms with van der Waals surface area (Å²) in [5.74, 6) is -0.104. The molecule has 0 spiro atoms. The van der Waals surface area contributed by atoms with Crippen molar-refractivity contribution in [3.05, 3.63) is 83.4 Å². The molecule has 0 saturated carbocycles. The summed E-state index contributed by atoms with van der Waals surface area (Å²) >= 11 is 0. The number of rotatable bonds is 9. The van der Waals surface area contributed by atoms with Crippen molar-refractivity contribution in [3.8, 4) is 34.0 Å². The lowest BCUT2D eigenvalue weighted by molar-refractivity contribution is -0.142. The average Bonchev–Trinajstić information content (AvgIpc) is 3.34. The Morgan fingerprint density at radius 2 is 1.76 bits per heavy atom. The molecule has 0 aliphatic rings. The maximum absolute atomic E-state index is 10.6. The normalized spacial score (nSPS) is 12.0. The number of aromatic nitrogens is 2. The van der Waals surface area contributed by atoms with Gasteiger partial charge in [-0.05, 0) is 53.8 Å². The monoisotopic (exact) mass is 458 g/mol. The van der Waals surface area contributed by atoms with E-state index in [0.29, 0.717) is 11.7 Å². The average molecular weight is 459 g/mol. The Hall–Kier alpha value is -3.81. The first-order valence-electron chi connectivity index (χ1n) is 10.9. The summed E-state index contributed by atoms with van der Waals surface area (Å²) in [4.78, 5) is 15.2. The molecule has 4 rings (SSSR count). The summed E-state index contributed by atoms with van der Waals surface area (Å²) in [6, 6.07) is 21.8. The van der Waals surface area contributed by atoms with Crippen molar-refractivity contribution < 1.29 is 23.9 Å². The fourth-order valence-electron chi connectivity index (χ4n) is 3.74. The van der Waals surface area contributed by atoms with Crippen LogP contribution < -0.4 is 0 Å². The van der Waals surface area contributed by atoms with E-state index in [9.17, 15) is 4.79 Å². The van der Waals surface area contributed by atoms with E-state index in [-0.39, 0.29) is 19.3 Å². The molecule has 1 atom stereocenters. The lowest BCUT2D eigenvalue weighted by Gasteiger charge is -2.17. The Balaban J connectivity index is 1.59. The summed E-state index contributed by atoms with van der Waals surface area (Å²) < 4.78 is 16.3. The molecule has 7 nitrogen and oxygen atoms in total. The molecule has 174 valence electrons. The Bertz CT molecular complexity index is 1280. The third-order valence-corrected chi connectivity index (χ3v) is 5.66. The van der Waals surface area contributed by atoms with E-state index < -0.39 is 5.97 Å². The molecule has 4 aromatic rings. The smallest absolute Gasteiger partial charge is 0.329 e. The number of ether oxygens (including phenoxy) is 2. The van der Waals surface area contributed by atoms with Crippen molar-refractivity contribution in [1.29, 1.82) is 0 Å². The molecule has 1 unspecified atom stereocenters. The Morgan fingerprint density at radius 1 is 1.03 bits per heavy atom. The van der Waals surface area contributed by atoms with Gasteiger partial charge in [-0.2, -0.15) is 4.98 Å². The molecule has 0 aliphatic heterocycles. The number of hydrogen-bond acceptors (Lipinski definition) is 6. The molecule has 1 N–H and O–H groups in total. The van der Waals surface area contributed by atoms with Crippen molar-refractivity contribution in [2.45, 2.75) is 26.6 Å². The van der Waals surface area contributed by atoms with Crippen molar-refractivity contribution in [3.63, 3.8) is 0 Å². The van der Waals surface area contributed by atoms with Crippen LogP contribution in [0.4, 0.5) is 0 Å². The van der Waals surface area contributed by atoms with Gasteiger partial charge in [0.15, 0.2) is 0 Å². The van der Waals surface area contributed by atoms with Crippen molar-refractivity contribution in [2.75, 3.05) is 13.7 Å². The van der Waals surface area contributed by atoms with Gasteiger partial charge in [0.2, 0.25) is 5.82 Å². The van der Waals surface area contributed by atoms with Crippen LogP contribution in [0.1, 0.15) is 29.7 Å². The number of aliphatic carboxylic acids is 1. The van der Waals surface area contributed by atoms with E-state index in [2.05, 4.69) is 35.3 Å². The highest BCUT2D eigenvalue weighted by molar-refractivity contribution is 5.74. The van der Waals surface area contributed by atoms with Gasteiger partial charge in [0, 0.05) is 18.2 Å². The molecular formula is C27H26N2O5. The van der Waals surface area contributed by atoms with Gasteiger partial charge in [-0.15, -0.1) is 0 Å². The van der Waals surface area contributed by atoms with E-state index in [4.69, 9.17) is 19.1 Å². The molecule has 0 fully saturated rings. The van der Waals surface area contributed by atoms with Gasteiger partial charge in [0.25, 0.3) is 5.89 Å². The molecule has 0 radical (unpaired) electrons. The first-order chi connectivity index (χ1) is 16.5. The Kier molecular flexibility index (Phi) is 7.15. The largest absolute Gasteiger partial charge is 0.480 e. The molecule has 3 aromatic carbocycles. The molecule has 0 amide bonds. The number of aryl methyl sites for hydroxylation is 1. The number of nitrogens with zero attached hydrogens (tertiary/aromatic N) is 2. The molecule has 7 heteroatoms. The minimum Gasteiger partial charge on any atom is -0.480 e. The molecule has 34 heavy (non-hydrogen) atoms. The molecule has 0 bridgehead atoms. The highest BCUT2D eigenvalue weighted by Crippen LogP contribution is 2.35. The zero-order chi connectivity index (χ0) is 24.1. The molecule has 0 aliphatic carbocycles. The summed E-state index contributed by atoms with van der Waals surface area (Å²) in [5.41, 5.74) is 6.96. The van der Waals surface area contributed by atoms with Crippen LogP contribution in [0.5, 0.6) is 0 Å². The van der Waals surface area contributed by atoms with Crippen LogP contribution in [-0.2, 0) is 20.9 Å². The Labute approximate surface area is 198 Å². The summed E-state index contributed by atoms with van der Waals surface area (Å²) in [7, 11) is 1.69. The third kappa shape index (κ3) is 5.22. The Morgan fingerprint density at radius 3 is 2.47 bits per heavy atom. The van der Waals surface area contributed by atoms with Gasteiger partial charge in [-0.3, -0.25) is 0 Å². The highest BCUT2D eigenvalue weighted by atomic mass is 16.5. The van der Waals surface area contributed by atoms with Crippen LogP contribution in [-0.4, -0.2) is 34.9 Å². The lowest BCUT2D eigenvalue weighted by Crippen LogP contribution is -2.06. The molecule has 1 heterocycles. The van der Waals surface area contributed by atoms with Gasteiger partial charge < -0.3 is 19.1 Å². The lowest BCUT2D eigenvalue weighted by atomic mass is 9.92. The minimum atomic E-state index is -0.995. The summed E-state index contributed by atoms with van der Waals surface area (Å²) in [6.45, 7) is 4.00. The third-order valence-electron chi connectivity index (χ3n) is 5.66. The quantitative estimate of drug-likeness (QED) is 0.344. The number of carboxylic acid groups (broad SMARTS) is 1. The van der Waals surface area contributed by atoms with Crippen molar-refractivity contribution >= 4 is 5.97 Å². The standard InChI is InChI=1S/C27H26N2O5/c1-17-6-4-5-7-22(17)23-13-12-21(14-24(23)18(2)32-3)27-28-26(29-34-27)20-10-8-19(9-11-20)15-33-16-25(30)31/h4-14,18H,15-16H2,1-3H3,(H,30,31). The molecule has 0 saturated heterocycles. The van der Waals surface area contributed by atoms with E-state index in [1.54, 1.807) is 7.11 Å². The van der Waals surface area contributed by atoms with Crippen LogP contribution in [0.15, 0.2) is 71.3 Å². The van der Waals surface area contributed by atoms with E-state index in [1.807, 2.05) is 55.5 Å². The number of carbonyl (C=O) groups is 1. The second kappa shape index (κ2) is 10.4. The van der Waals surface area contributed by atoms with Gasteiger partial charge in [0.05, 0.1) is 12.7 Å². The number of methoxy groups -OCH3 is 1. The highest BCUT2D eigenvalue weighted by Gasteiger charge is 2.17. The van der Waals surface area contributed by atoms with Gasteiger partial charge >= 0.3 is 5.97 Å². The first-order valence-corrected chi connectivity index (χ1v) is 10.9. The number of hydrogen-bond donors (Lipinski definition) is 1. The fraction of sp³-hybridized carbons (Fsp3) is 0.222. The van der Waals surface area contributed by atoms with E-state index in [0.717, 1.165) is 33.4 Å². The second-order valence-corrected chi connectivity index (χ2v) is 8.00. The summed E-state index contributed by atoms with van der Waals surface area (Å²) in [6.07, 6.45) is -0.118. The van der Waals surface area contributed by atoms with Crippen LogP contribution >= 0.6 is 0 Å². The second-order valence-electron chi connectivity index (χ2n) is 8.00. The SMILES string of the molecule is COC(C)c1cc(-c2nc(-c3ccc(COCC(=O)O)cc3)no2)ccc1-c1ccccc1C. The topological polar surface area (TPSA) is 94.7 Å². The molecule has 1 aromatic heterocycles. The maximum atomic E-state index is 10.6. The van der Waals surface area contributed by atoms with Gasteiger partial charge in [0.1, 0.15) is 6.61 Å². The van der Waals surface area contributed by atoms with Gasteiger partial charge in [-0.25, -0.2) is 4.79 Å². The summed E-state index contributed by atoms with van der Waals surface area (Å²) in [5, 5.41) is 12.8. The van der Waals surface area contributed by atoms with Gasteiger partial charge in [-0.1, -0.05) is 59.8 Å². The van der Waals surface area contributed by atoms with Crippen LogP contribution in [0.25, 0.3) is 34.0 Å². The number of carboxylic acids is 1. The predicted molar refractivity (Wildman–Crippen MR) is 128 cm³/mol. The van der Waals surface area contributed by atoms with Crippen molar-refractivity contribution in [1.82, 2.24) is 10.1 Å². The maximum Gasteiger partial charge on any atom is 0.329 e. The first kappa shape index (κ1) is 23.4. The minimum absolute atomic E-state index is 0.118. The predicted octanol–water partition coefficient (Wildman–Crippen LogP) is 5.69. The fourth-order valence-corrected chi connectivity index (χ4v) is 3.74. The zero-order valence-corrected chi connectivity index (χ0v) is 19.3. The number of benzene rings is 3. The molecular weight excluding hydrogens is 432 g/mol. The van der Waals surface area contributed by atoms with E-state index in [1.165, 1.54) is 5.56 Å². The van der Waals surface area contributed by atoms with E-state index >= 15 is 0 Å². The zero-order valence-electron chi connectivity index (χ0n) is 19.3. The van der Waals surface area contributed by atoms with Crippen molar-refractivity contribution in [2.24, 2.45) is 0 Å².